The molecule has 21 heavy (non-hydrogen) atoms. The molecule has 2 rings (SSSR count). The molecule has 1 aliphatic rings. The Hall–Kier alpha value is -1.11. The van der Waals surface area contributed by atoms with Crippen molar-refractivity contribution in [2.45, 2.75) is 26.7 Å². The fourth-order valence-electron chi connectivity index (χ4n) is 2.87. The Morgan fingerprint density at radius 2 is 1.90 bits per heavy atom. The molecule has 5 nitrogen and oxygen atoms in total. The average Bonchev–Trinajstić information content (AvgIpc) is 2.45. The minimum Gasteiger partial charge on any atom is -0.330 e. The van der Waals surface area contributed by atoms with Gasteiger partial charge in [-0.15, -0.1) is 0 Å². The second-order valence-electron chi connectivity index (χ2n) is 5.92. The molecule has 0 aromatic heterocycles. The summed E-state index contributed by atoms with van der Waals surface area (Å²) < 4.78 is 28.5. The van der Waals surface area contributed by atoms with E-state index in [2.05, 4.69) is 0 Å². The van der Waals surface area contributed by atoms with Crippen LogP contribution in [0, 0.1) is 19.8 Å². The normalized spacial score (nSPS) is 20.5. The number of nitrogens with zero attached hydrogens (tertiary/aromatic N) is 2. The van der Waals surface area contributed by atoms with Crippen LogP contribution in [0.2, 0.25) is 0 Å². The number of piperidine rings is 1. The van der Waals surface area contributed by atoms with Gasteiger partial charge in [-0.3, -0.25) is 4.31 Å². The molecule has 1 unspecified atom stereocenters. The van der Waals surface area contributed by atoms with Crippen molar-refractivity contribution in [1.29, 1.82) is 0 Å². The van der Waals surface area contributed by atoms with E-state index < -0.39 is 10.2 Å². The molecule has 0 spiro atoms. The third-order valence-corrected chi connectivity index (χ3v) is 5.94. The highest BCUT2D eigenvalue weighted by atomic mass is 32.2. The van der Waals surface area contributed by atoms with Gasteiger partial charge in [-0.25, -0.2) is 0 Å². The van der Waals surface area contributed by atoms with Crippen molar-refractivity contribution in [2.24, 2.45) is 11.7 Å². The van der Waals surface area contributed by atoms with Crippen LogP contribution in [0.5, 0.6) is 0 Å². The molecular weight excluding hydrogens is 286 g/mol. The molecular formula is C15H25N3O2S. The lowest BCUT2D eigenvalue weighted by atomic mass is 10.0. The molecule has 0 radical (unpaired) electrons. The first-order valence-electron chi connectivity index (χ1n) is 7.37. The van der Waals surface area contributed by atoms with Crippen LogP contribution in [-0.2, 0) is 10.2 Å². The van der Waals surface area contributed by atoms with Crippen molar-refractivity contribution in [3.8, 4) is 0 Å². The summed E-state index contributed by atoms with van der Waals surface area (Å²) >= 11 is 0. The third kappa shape index (κ3) is 3.56. The Balaban J connectivity index is 2.25. The number of anilines is 1. The molecule has 1 atom stereocenters. The Bertz CT molecular complexity index is 581. The zero-order valence-electron chi connectivity index (χ0n) is 13.0. The smallest absolute Gasteiger partial charge is 0.303 e. The minimum absolute atomic E-state index is 0.265. The van der Waals surface area contributed by atoms with Gasteiger partial charge >= 0.3 is 10.2 Å². The molecule has 1 aromatic rings. The van der Waals surface area contributed by atoms with Crippen LogP contribution >= 0.6 is 0 Å². The number of rotatable bonds is 4. The standard InChI is InChI=1S/C15H25N3O2S/c1-12-7-13(2)9-15(8-12)17(3)21(19,20)18-6-4-5-14(10-16)11-18/h7-9,14H,4-6,10-11,16H2,1-3H3. The fourth-order valence-corrected chi connectivity index (χ4v) is 4.34. The molecule has 1 saturated heterocycles. The summed E-state index contributed by atoms with van der Waals surface area (Å²) in [5, 5.41) is 0. The molecule has 1 heterocycles. The van der Waals surface area contributed by atoms with E-state index in [1.54, 1.807) is 11.4 Å². The Labute approximate surface area is 127 Å². The van der Waals surface area contributed by atoms with Crippen LogP contribution in [0.15, 0.2) is 18.2 Å². The van der Waals surface area contributed by atoms with Crippen LogP contribution in [0.4, 0.5) is 5.69 Å². The molecule has 0 bridgehead atoms. The van der Waals surface area contributed by atoms with Crippen molar-refractivity contribution in [3.63, 3.8) is 0 Å². The lowest BCUT2D eigenvalue weighted by molar-refractivity contribution is 0.271. The molecule has 1 aliphatic heterocycles. The lowest BCUT2D eigenvalue weighted by Crippen LogP contribution is -2.48. The first-order chi connectivity index (χ1) is 9.84. The van der Waals surface area contributed by atoms with E-state index in [0.29, 0.717) is 25.3 Å². The summed E-state index contributed by atoms with van der Waals surface area (Å²) in [6.45, 7) is 5.59. The molecule has 118 valence electrons. The SMILES string of the molecule is Cc1cc(C)cc(N(C)S(=O)(=O)N2CCCC(CN)C2)c1. The first kappa shape index (κ1) is 16.3. The topological polar surface area (TPSA) is 66.6 Å². The van der Waals surface area contributed by atoms with E-state index in [9.17, 15) is 8.42 Å². The molecule has 1 aromatic carbocycles. The van der Waals surface area contributed by atoms with E-state index in [4.69, 9.17) is 5.73 Å². The minimum atomic E-state index is -3.48. The van der Waals surface area contributed by atoms with Crippen molar-refractivity contribution >= 4 is 15.9 Å². The van der Waals surface area contributed by atoms with Crippen molar-refractivity contribution < 1.29 is 8.42 Å². The molecule has 6 heteroatoms. The first-order valence-corrected chi connectivity index (χ1v) is 8.76. The van der Waals surface area contributed by atoms with Gasteiger partial charge in [-0.1, -0.05) is 6.07 Å². The maximum absolute atomic E-state index is 12.8. The van der Waals surface area contributed by atoms with Crippen molar-refractivity contribution in [3.05, 3.63) is 29.3 Å². The summed E-state index contributed by atoms with van der Waals surface area (Å²) in [5.41, 5.74) is 8.53. The van der Waals surface area contributed by atoms with E-state index in [-0.39, 0.29) is 5.92 Å². The van der Waals surface area contributed by atoms with Gasteiger partial charge < -0.3 is 5.73 Å². The number of nitrogens with two attached hydrogens (primary N) is 1. The Kier molecular flexibility index (Phi) is 4.91. The summed E-state index contributed by atoms with van der Waals surface area (Å²) in [6, 6.07) is 5.83. The third-order valence-electron chi connectivity index (χ3n) is 4.06. The van der Waals surface area contributed by atoms with Gasteiger partial charge in [0.25, 0.3) is 0 Å². The number of hydrogen-bond donors (Lipinski definition) is 1. The molecule has 0 saturated carbocycles. The second kappa shape index (κ2) is 6.34. The highest BCUT2D eigenvalue weighted by Gasteiger charge is 2.31. The van der Waals surface area contributed by atoms with Gasteiger partial charge in [0.1, 0.15) is 0 Å². The van der Waals surface area contributed by atoms with Crippen LogP contribution in [0.1, 0.15) is 24.0 Å². The number of benzene rings is 1. The quantitative estimate of drug-likeness (QED) is 0.919. The Morgan fingerprint density at radius 1 is 1.29 bits per heavy atom. The van der Waals surface area contributed by atoms with Crippen molar-refractivity contribution in [1.82, 2.24) is 4.31 Å². The van der Waals surface area contributed by atoms with Gasteiger partial charge in [0.05, 0.1) is 5.69 Å². The number of hydrogen-bond acceptors (Lipinski definition) is 3. The Morgan fingerprint density at radius 3 is 2.48 bits per heavy atom. The van der Waals surface area contributed by atoms with E-state index in [0.717, 1.165) is 24.0 Å². The summed E-state index contributed by atoms with van der Waals surface area (Å²) in [5.74, 6) is 0.265. The van der Waals surface area contributed by atoms with E-state index in [1.807, 2.05) is 32.0 Å². The highest BCUT2D eigenvalue weighted by molar-refractivity contribution is 7.90. The monoisotopic (exact) mass is 311 g/mol. The van der Waals surface area contributed by atoms with Gasteiger partial charge in [-0.05, 0) is 62.4 Å². The maximum Gasteiger partial charge on any atom is 0.303 e. The maximum atomic E-state index is 12.8. The van der Waals surface area contributed by atoms with Crippen molar-refractivity contribution in [2.75, 3.05) is 31.0 Å². The average molecular weight is 311 g/mol. The van der Waals surface area contributed by atoms with Crippen LogP contribution < -0.4 is 10.0 Å². The van der Waals surface area contributed by atoms with Crippen LogP contribution in [-0.4, -0.2) is 39.4 Å². The fraction of sp³-hybridized carbons (Fsp3) is 0.600. The summed E-state index contributed by atoms with van der Waals surface area (Å²) in [7, 11) is -1.86. The molecule has 1 fully saturated rings. The van der Waals surface area contributed by atoms with E-state index in [1.165, 1.54) is 4.31 Å². The van der Waals surface area contributed by atoms with Crippen LogP contribution in [0.3, 0.4) is 0 Å². The van der Waals surface area contributed by atoms with Gasteiger partial charge in [-0.2, -0.15) is 12.7 Å². The second-order valence-corrected chi connectivity index (χ2v) is 7.88. The van der Waals surface area contributed by atoms with Gasteiger partial charge in [0.2, 0.25) is 0 Å². The zero-order valence-corrected chi connectivity index (χ0v) is 13.9. The predicted octanol–water partition coefficient (Wildman–Crippen LogP) is 1.66. The van der Waals surface area contributed by atoms with Gasteiger partial charge in [0, 0.05) is 20.1 Å². The van der Waals surface area contributed by atoms with Crippen LogP contribution in [0.25, 0.3) is 0 Å². The summed E-state index contributed by atoms with van der Waals surface area (Å²) in [6.07, 6.45) is 1.89. The molecule has 2 N–H and O–H groups in total. The van der Waals surface area contributed by atoms with Gasteiger partial charge in [0.15, 0.2) is 0 Å². The largest absolute Gasteiger partial charge is 0.330 e. The predicted molar refractivity (Wildman–Crippen MR) is 86.6 cm³/mol. The zero-order chi connectivity index (χ0) is 15.6. The molecule has 0 aliphatic carbocycles. The number of aryl methyl sites for hydroxylation is 2. The lowest BCUT2D eigenvalue weighted by Gasteiger charge is -2.34. The highest BCUT2D eigenvalue weighted by Crippen LogP contribution is 2.25. The van der Waals surface area contributed by atoms with E-state index >= 15 is 0 Å². The summed E-state index contributed by atoms with van der Waals surface area (Å²) in [4.78, 5) is 0. The molecule has 0 amide bonds.